The van der Waals surface area contributed by atoms with Crippen molar-refractivity contribution >= 4 is 23.8 Å². The number of allylic oxidation sites excluding steroid dienone is 1. The van der Waals surface area contributed by atoms with E-state index in [2.05, 4.69) is 16.9 Å². The number of methoxy groups -OCH3 is 1. The van der Waals surface area contributed by atoms with Crippen LogP contribution in [0.15, 0.2) is 76.9 Å². The van der Waals surface area contributed by atoms with E-state index in [9.17, 15) is 19.8 Å². The first-order chi connectivity index (χ1) is 22.1. The summed E-state index contributed by atoms with van der Waals surface area (Å²) in [6.07, 6.45) is 8.09. The average molecular weight is 628 g/mol. The van der Waals surface area contributed by atoms with Crippen LogP contribution < -0.4 is 10.5 Å². The molecule has 0 amide bonds. The maximum atomic E-state index is 12.9. The number of phenols is 2. The number of phenolic OH excluding ortho intramolecular Hbond substituents is 2. The lowest BCUT2D eigenvalue weighted by atomic mass is 9.83. The average Bonchev–Trinajstić information content (AvgIpc) is 3.47. The molecule has 0 bridgehead atoms. The normalized spacial score (nSPS) is 14.6. The van der Waals surface area contributed by atoms with Gasteiger partial charge < -0.3 is 25.4 Å². The number of ether oxygens (including phenoxy) is 2. The number of aromatic nitrogens is 1. The van der Waals surface area contributed by atoms with Crippen LogP contribution in [0.3, 0.4) is 0 Å². The highest BCUT2D eigenvalue weighted by atomic mass is 16.5. The number of nitrogens with zero attached hydrogens (tertiary/aromatic N) is 2. The quantitative estimate of drug-likeness (QED) is 0.140. The zero-order chi connectivity index (χ0) is 33.1. The molecule has 244 valence electrons. The zero-order valence-electron chi connectivity index (χ0n) is 26.9. The van der Waals surface area contributed by atoms with Crippen LogP contribution in [-0.2, 0) is 20.7 Å². The Balaban J connectivity index is 1.40. The smallest absolute Gasteiger partial charge is 0.302 e. The number of hydrogen-bond acceptors (Lipinski definition) is 9. The number of esters is 1. The van der Waals surface area contributed by atoms with Crippen molar-refractivity contribution in [2.45, 2.75) is 77.2 Å². The molecule has 0 fully saturated rings. The number of anilines is 1. The highest BCUT2D eigenvalue weighted by molar-refractivity contribution is 5.82. The second-order valence-electron chi connectivity index (χ2n) is 12.0. The topological polar surface area (TPSA) is 144 Å². The fraction of sp³-hybridized carbons (Fsp3) is 0.405. The van der Waals surface area contributed by atoms with Gasteiger partial charge in [-0.15, -0.1) is 0 Å². The van der Waals surface area contributed by atoms with Gasteiger partial charge in [-0.1, -0.05) is 31.5 Å². The molecule has 9 nitrogen and oxygen atoms in total. The number of carbonyl (C=O) groups is 2. The Kier molecular flexibility index (Phi) is 12.3. The summed E-state index contributed by atoms with van der Waals surface area (Å²) in [4.78, 5) is 33.6. The molecular weight excluding hydrogens is 582 g/mol. The molecule has 1 aliphatic heterocycles. The summed E-state index contributed by atoms with van der Waals surface area (Å²) in [6.45, 7) is 4.16. The molecule has 2 heterocycles. The van der Waals surface area contributed by atoms with Crippen molar-refractivity contribution in [1.82, 2.24) is 4.98 Å². The number of aryl methyl sites for hydroxylation is 1. The van der Waals surface area contributed by atoms with Crippen molar-refractivity contribution in [3.8, 4) is 17.2 Å². The van der Waals surface area contributed by atoms with Gasteiger partial charge in [0.2, 0.25) is 0 Å². The maximum Gasteiger partial charge on any atom is 0.302 e. The molecule has 9 heteroatoms. The van der Waals surface area contributed by atoms with Crippen molar-refractivity contribution in [2.75, 3.05) is 19.4 Å². The van der Waals surface area contributed by atoms with E-state index in [1.807, 2.05) is 30.5 Å². The van der Waals surface area contributed by atoms with E-state index in [1.54, 1.807) is 36.5 Å². The van der Waals surface area contributed by atoms with Crippen LogP contribution in [0, 0.1) is 5.92 Å². The van der Waals surface area contributed by atoms with Gasteiger partial charge in [0.05, 0.1) is 13.7 Å². The largest absolute Gasteiger partial charge is 0.508 e. The van der Waals surface area contributed by atoms with E-state index in [-0.39, 0.29) is 29.6 Å². The number of pyridine rings is 1. The number of Topliss-reactive ketones (excluding diaryl/α,β-unsaturated/α-hetero) is 1. The SMILES string of the molecule is CC[C@H](CC[C@H](CC(=O)CCc1ccc(O)c(OC)c1)OC(C)=O)CC1=C(C[C@H](c2cccc(O)c2)c2ccnc(N)c2)CN=C1. The molecule has 1 aromatic heterocycles. The Bertz CT molecular complexity index is 1520. The Morgan fingerprint density at radius 1 is 1.02 bits per heavy atom. The van der Waals surface area contributed by atoms with Crippen molar-refractivity contribution in [2.24, 2.45) is 10.9 Å². The first-order valence-corrected chi connectivity index (χ1v) is 15.9. The standard InChI is InChI=1S/C37H45N3O6/c1-4-25(9-12-33(46-24(2)41)21-32(43)11-8-26-10-13-35(44)36(17-26)45-3)16-29-22-39-23-30(29)19-34(27-6-5-7-31(42)18-27)28-14-15-40-37(38)20-28/h5-7,10,13-15,17-18,20,22,25,33-34,42,44H,4,8-9,11-12,16,19,21,23H2,1-3H3,(H2,38,40)/t25-,33-,34-/m1/s1. The van der Waals surface area contributed by atoms with Gasteiger partial charge in [-0.25, -0.2) is 4.98 Å². The van der Waals surface area contributed by atoms with E-state index < -0.39 is 12.1 Å². The molecule has 0 aliphatic carbocycles. The third-order valence-corrected chi connectivity index (χ3v) is 8.62. The van der Waals surface area contributed by atoms with Gasteiger partial charge >= 0.3 is 5.97 Å². The molecule has 1 aliphatic rings. The number of carbonyl (C=O) groups excluding carboxylic acids is 2. The van der Waals surface area contributed by atoms with Gasteiger partial charge in [-0.3, -0.25) is 14.6 Å². The zero-order valence-corrected chi connectivity index (χ0v) is 26.9. The molecule has 0 saturated carbocycles. The van der Waals surface area contributed by atoms with Crippen LogP contribution >= 0.6 is 0 Å². The summed E-state index contributed by atoms with van der Waals surface area (Å²) >= 11 is 0. The molecule has 0 radical (unpaired) electrons. The number of hydrogen-bond donors (Lipinski definition) is 3. The second-order valence-corrected chi connectivity index (χ2v) is 12.0. The van der Waals surface area contributed by atoms with Crippen LogP contribution in [0.4, 0.5) is 5.82 Å². The van der Waals surface area contributed by atoms with E-state index in [1.165, 1.54) is 25.2 Å². The molecule has 0 spiro atoms. The fourth-order valence-electron chi connectivity index (χ4n) is 6.09. The lowest BCUT2D eigenvalue weighted by molar-refractivity contribution is -0.148. The Morgan fingerprint density at radius 2 is 1.83 bits per heavy atom. The summed E-state index contributed by atoms with van der Waals surface area (Å²) in [6, 6.07) is 16.2. The van der Waals surface area contributed by atoms with Crippen LogP contribution in [0.2, 0.25) is 0 Å². The van der Waals surface area contributed by atoms with Crippen molar-refractivity contribution in [1.29, 1.82) is 0 Å². The predicted molar refractivity (Wildman–Crippen MR) is 179 cm³/mol. The van der Waals surface area contributed by atoms with Crippen LogP contribution in [0.5, 0.6) is 17.2 Å². The number of benzene rings is 2. The highest BCUT2D eigenvalue weighted by Gasteiger charge is 2.24. The molecule has 4 rings (SSSR count). The summed E-state index contributed by atoms with van der Waals surface area (Å²) in [7, 11) is 1.49. The highest BCUT2D eigenvalue weighted by Crippen LogP contribution is 2.36. The molecule has 3 atom stereocenters. The molecule has 0 unspecified atom stereocenters. The molecule has 4 N–H and O–H groups in total. The van der Waals surface area contributed by atoms with Gasteiger partial charge in [0.15, 0.2) is 11.5 Å². The predicted octanol–water partition coefficient (Wildman–Crippen LogP) is 6.71. The molecular formula is C37H45N3O6. The Hall–Kier alpha value is -4.66. The third-order valence-electron chi connectivity index (χ3n) is 8.62. The number of nitrogen functional groups attached to an aromatic ring is 1. The summed E-state index contributed by atoms with van der Waals surface area (Å²) in [5.74, 6) is 1.02. The summed E-state index contributed by atoms with van der Waals surface area (Å²) in [5, 5.41) is 20.0. The minimum atomic E-state index is -0.480. The molecule has 2 aromatic carbocycles. The summed E-state index contributed by atoms with van der Waals surface area (Å²) in [5.41, 5.74) is 11.4. The van der Waals surface area contributed by atoms with Crippen LogP contribution in [0.25, 0.3) is 0 Å². The minimum absolute atomic E-state index is 0.0220. The fourth-order valence-corrected chi connectivity index (χ4v) is 6.09. The van der Waals surface area contributed by atoms with Gasteiger partial charge in [0.25, 0.3) is 0 Å². The third kappa shape index (κ3) is 9.92. The van der Waals surface area contributed by atoms with E-state index in [4.69, 9.17) is 15.2 Å². The lowest BCUT2D eigenvalue weighted by Gasteiger charge is -2.22. The number of nitrogens with two attached hydrogens (primary N) is 1. The van der Waals surface area contributed by atoms with Gasteiger partial charge in [0, 0.05) is 38.1 Å². The molecule has 3 aromatic rings. The van der Waals surface area contributed by atoms with Gasteiger partial charge in [-0.05, 0) is 102 Å². The first kappa shape index (κ1) is 34.2. The minimum Gasteiger partial charge on any atom is -0.508 e. The number of aliphatic imine (C=N–C) groups is 1. The van der Waals surface area contributed by atoms with Crippen LogP contribution in [0.1, 0.15) is 81.4 Å². The van der Waals surface area contributed by atoms with Gasteiger partial charge in [0.1, 0.15) is 23.5 Å². The number of rotatable bonds is 17. The number of ketones is 1. The van der Waals surface area contributed by atoms with Crippen molar-refractivity contribution < 1.29 is 29.3 Å². The second kappa shape index (κ2) is 16.6. The van der Waals surface area contributed by atoms with Gasteiger partial charge in [-0.2, -0.15) is 0 Å². The Morgan fingerprint density at radius 3 is 2.54 bits per heavy atom. The van der Waals surface area contributed by atoms with E-state index >= 15 is 0 Å². The monoisotopic (exact) mass is 627 g/mol. The van der Waals surface area contributed by atoms with Crippen molar-refractivity contribution in [3.63, 3.8) is 0 Å². The van der Waals surface area contributed by atoms with Crippen molar-refractivity contribution in [3.05, 3.63) is 88.6 Å². The lowest BCUT2D eigenvalue weighted by Crippen LogP contribution is -2.22. The first-order valence-electron chi connectivity index (χ1n) is 15.9. The Labute approximate surface area is 271 Å². The molecule has 46 heavy (non-hydrogen) atoms. The van der Waals surface area contributed by atoms with E-state index in [0.717, 1.165) is 42.4 Å². The molecule has 0 saturated heterocycles. The summed E-state index contributed by atoms with van der Waals surface area (Å²) < 4.78 is 10.8. The van der Waals surface area contributed by atoms with E-state index in [0.29, 0.717) is 43.3 Å². The number of aromatic hydroxyl groups is 2. The maximum absolute atomic E-state index is 12.9. The van der Waals surface area contributed by atoms with Crippen LogP contribution in [-0.4, -0.2) is 52.9 Å².